The third-order valence-electron chi connectivity index (χ3n) is 3.06. The highest BCUT2D eigenvalue weighted by Gasteiger charge is 2.51. The molecule has 0 radical (unpaired) electrons. The molecule has 0 N–H and O–H groups in total. The van der Waals surface area contributed by atoms with E-state index in [0.717, 1.165) is 0 Å². The number of morpholine rings is 1. The van der Waals surface area contributed by atoms with Crippen LogP contribution in [0.25, 0.3) is 0 Å². The van der Waals surface area contributed by atoms with Gasteiger partial charge in [0.2, 0.25) is 0 Å². The summed E-state index contributed by atoms with van der Waals surface area (Å²) < 4.78 is 60.5. The van der Waals surface area contributed by atoms with Crippen LogP contribution in [0.2, 0.25) is 0 Å². The zero-order valence-corrected chi connectivity index (χ0v) is 11.3. The molecule has 1 saturated heterocycles. The molecule has 118 valence electrons. The van der Waals surface area contributed by atoms with Crippen LogP contribution in [-0.4, -0.2) is 62.2 Å². The van der Waals surface area contributed by atoms with Gasteiger partial charge in [0.15, 0.2) is 0 Å². The maximum atomic E-state index is 12.9. The molecule has 0 aromatic carbocycles. The van der Waals surface area contributed by atoms with Gasteiger partial charge in [0.1, 0.15) is 0 Å². The van der Waals surface area contributed by atoms with Crippen molar-refractivity contribution in [1.82, 2.24) is 4.90 Å². The lowest BCUT2D eigenvalue weighted by molar-refractivity contribution is -0.206. The van der Waals surface area contributed by atoms with E-state index in [4.69, 9.17) is 4.74 Å². The van der Waals surface area contributed by atoms with E-state index in [9.17, 15) is 22.4 Å². The van der Waals surface area contributed by atoms with Crippen LogP contribution >= 0.6 is 0 Å². The fraction of sp³-hybridized carbons (Fsp3) is 0.917. The lowest BCUT2D eigenvalue weighted by Gasteiger charge is -2.26. The molecule has 0 aliphatic carbocycles. The summed E-state index contributed by atoms with van der Waals surface area (Å²) in [4.78, 5) is 13.3. The van der Waals surface area contributed by atoms with Crippen molar-refractivity contribution in [3.05, 3.63) is 0 Å². The second-order valence-electron chi connectivity index (χ2n) is 4.77. The molecular formula is C12H19F4NO3. The smallest absolute Gasteiger partial charge is 0.313 e. The Balaban J connectivity index is 2.17. The van der Waals surface area contributed by atoms with Crippen LogP contribution in [-0.2, 0) is 14.3 Å². The zero-order valence-electron chi connectivity index (χ0n) is 11.3. The second-order valence-corrected chi connectivity index (χ2v) is 4.77. The Bertz CT molecular complexity index is 314. The summed E-state index contributed by atoms with van der Waals surface area (Å²) in [6.45, 7) is 2.47. The number of halogens is 4. The molecule has 1 aliphatic rings. The Kier molecular flexibility index (Phi) is 6.19. The minimum absolute atomic E-state index is 0.0497. The minimum Gasteiger partial charge on any atom is -0.465 e. The summed E-state index contributed by atoms with van der Waals surface area (Å²) in [6, 6.07) is 0. The lowest BCUT2D eigenvalue weighted by Crippen LogP contribution is -2.39. The first-order valence-electron chi connectivity index (χ1n) is 6.44. The van der Waals surface area contributed by atoms with Gasteiger partial charge in [-0.2, -0.15) is 8.78 Å². The molecule has 0 atom stereocenters. The number of carbonyl (C=O) groups is 1. The molecular weight excluding hydrogens is 282 g/mol. The number of alkyl halides is 4. The fourth-order valence-corrected chi connectivity index (χ4v) is 1.66. The highest BCUT2D eigenvalue weighted by atomic mass is 19.3. The average molecular weight is 301 g/mol. The number of hydrogen-bond acceptors (Lipinski definition) is 4. The summed E-state index contributed by atoms with van der Waals surface area (Å²) in [6.07, 6.45) is -1.13. The Morgan fingerprint density at radius 1 is 1.25 bits per heavy atom. The van der Waals surface area contributed by atoms with Gasteiger partial charge >= 0.3 is 17.8 Å². The number of rotatable bonds is 7. The third kappa shape index (κ3) is 5.62. The number of carbonyl (C=O) groups excluding carboxylic acids is 1. The summed E-state index contributed by atoms with van der Waals surface area (Å²) >= 11 is 0. The first-order valence-corrected chi connectivity index (χ1v) is 6.44. The SMILES string of the molecule is CC(F)(F)C(F)(F)CCOC(=O)CCN1CCOCC1. The topological polar surface area (TPSA) is 38.8 Å². The molecule has 0 saturated carbocycles. The summed E-state index contributed by atoms with van der Waals surface area (Å²) in [7, 11) is 0. The zero-order chi connectivity index (χ0) is 15.2. The Morgan fingerprint density at radius 3 is 2.40 bits per heavy atom. The van der Waals surface area contributed by atoms with Gasteiger partial charge in [-0.3, -0.25) is 9.69 Å². The Morgan fingerprint density at radius 2 is 1.85 bits per heavy atom. The number of ether oxygens (including phenoxy) is 2. The minimum atomic E-state index is -4.17. The maximum Gasteiger partial charge on any atom is 0.313 e. The number of nitrogens with zero attached hydrogens (tertiary/aromatic N) is 1. The van der Waals surface area contributed by atoms with E-state index in [-0.39, 0.29) is 13.3 Å². The van der Waals surface area contributed by atoms with Gasteiger partial charge in [-0.05, 0) is 0 Å². The lowest BCUT2D eigenvalue weighted by atomic mass is 10.1. The predicted molar refractivity (Wildman–Crippen MR) is 63.0 cm³/mol. The van der Waals surface area contributed by atoms with Crippen LogP contribution < -0.4 is 0 Å². The third-order valence-corrected chi connectivity index (χ3v) is 3.06. The van der Waals surface area contributed by atoms with Crippen LogP contribution in [0.1, 0.15) is 19.8 Å². The number of hydrogen-bond donors (Lipinski definition) is 0. The van der Waals surface area contributed by atoms with Crippen molar-refractivity contribution in [2.75, 3.05) is 39.5 Å². The molecule has 20 heavy (non-hydrogen) atoms. The van der Waals surface area contributed by atoms with E-state index < -0.39 is 30.8 Å². The van der Waals surface area contributed by atoms with Gasteiger partial charge in [0, 0.05) is 26.6 Å². The highest BCUT2D eigenvalue weighted by molar-refractivity contribution is 5.69. The second kappa shape index (κ2) is 7.21. The number of esters is 1. The highest BCUT2D eigenvalue weighted by Crippen LogP contribution is 2.36. The molecule has 0 bridgehead atoms. The maximum absolute atomic E-state index is 12.9. The van der Waals surface area contributed by atoms with Crippen molar-refractivity contribution in [2.24, 2.45) is 0 Å². The van der Waals surface area contributed by atoms with E-state index in [1.807, 2.05) is 4.90 Å². The van der Waals surface area contributed by atoms with Crippen molar-refractivity contribution < 1.29 is 31.8 Å². The monoisotopic (exact) mass is 301 g/mol. The molecule has 4 nitrogen and oxygen atoms in total. The van der Waals surface area contributed by atoms with Crippen LogP contribution in [0.15, 0.2) is 0 Å². The fourth-order valence-electron chi connectivity index (χ4n) is 1.66. The van der Waals surface area contributed by atoms with Crippen molar-refractivity contribution in [3.63, 3.8) is 0 Å². The summed E-state index contributed by atoms with van der Waals surface area (Å²) in [5.41, 5.74) is 0. The molecule has 1 aliphatic heterocycles. The van der Waals surface area contributed by atoms with Crippen molar-refractivity contribution in [1.29, 1.82) is 0 Å². The molecule has 1 fully saturated rings. The van der Waals surface area contributed by atoms with Crippen LogP contribution in [0.5, 0.6) is 0 Å². The molecule has 1 rings (SSSR count). The predicted octanol–water partition coefficient (Wildman–Crippen LogP) is 1.93. The van der Waals surface area contributed by atoms with Gasteiger partial charge in [-0.15, -0.1) is 0 Å². The van der Waals surface area contributed by atoms with Crippen molar-refractivity contribution in [2.45, 2.75) is 31.6 Å². The van der Waals surface area contributed by atoms with E-state index in [2.05, 4.69) is 4.74 Å². The molecule has 8 heteroatoms. The van der Waals surface area contributed by atoms with Crippen molar-refractivity contribution >= 4 is 5.97 Å². The van der Waals surface area contributed by atoms with E-state index in [1.54, 1.807) is 0 Å². The normalized spacial score (nSPS) is 18.1. The van der Waals surface area contributed by atoms with E-state index >= 15 is 0 Å². The van der Waals surface area contributed by atoms with Gasteiger partial charge in [-0.25, -0.2) is 8.78 Å². The Hall–Kier alpha value is -0.890. The molecule has 0 spiro atoms. The van der Waals surface area contributed by atoms with Gasteiger partial charge in [0.05, 0.1) is 32.7 Å². The average Bonchev–Trinajstić information content (AvgIpc) is 2.36. The standard InChI is InChI=1S/C12H19F4NO3/c1-11(13,14)12(15,16)3-7-20-10(18)2-4-17-5-8-19-9-6-17/h2-9H2,1H3. The van der Waals surface area contributed by atoms with Gasteiger partial charge in [0.25, 0.3) is 0 Å². The summed E-state index contributed by atoms with van der Waals surface area (Å²) in [5, 5.41) is 0. The first-order chi connectivity index (χ1) is 9.22. The van der Waals surface area contributed by atoms with Crippen LogP contribution in [0.3, 0.4) is 0 Å². The molecule has 0 aromatic rings. The largest absolute Gasteiger partial charge is 0.465 e. The first kappa shape index (κ1) is 17.2. The molecule has 1 heterocycles. The molecule has 0 aromatic heterocycles. The van der Waals surface area contributed by atoms with Crippen LogP contribution in [0, 0.1) is 0 Å². The molecule has 0 amide bonds. The van der Waals surface area contributed by atoms with Gasteiger partial charge in [-0.1, -0.05) is 0 Å². The van der Waals surface area contributed by atoms with Crippen LogP contribution in [0.4, 0.5) is 17.6 Å². The van der Waals surface area contributed by atoms with Crippen molar-refractivity contribution in [3.8, 4) is 0 Å². The van der Waals surface area contributed by atoms with Gasteiger partial charge < -0.3 is 9.47 Å². The Labute approximate surface area is 115 Å². The van der Waals surface area contributed by atoms with E-state index in [1.165, 1.54) is 0 Å². The van der Waals surface area contributed by atoms with E-state index in [0.29, 0.717) is 32.8 Å². The molecule has 0 unspecified atom stereocenters. The quantitative estimate of drug-likeness (QED) is 0.532. The summed E-state index contributed by atoms with van der Waals surface area (Å²) in [5.74, 6) is -8.95.